The zero-order valence-electron chi connectivity index (χ0n) is 20.1. The van der Waals surface area contributed by atoms with Crippen molar-refractivity contribution in [2.24, 2.45) is 0 Å². The van der Waals surface area contributed by atoms with Crippen LogP contribution in [0.2, 0.25) is 0 Å². The summed E-state index contributed by atoms with van der Waals surface area (Å²) < 4.78 is 6.17. The lowest BCUT2D eigenvalue weighted by Crippen LogP contribution is -2.47. The molecule has 0 saturated carbocycles. The number of carbonyl (C=O) groups is 2. The van der Waals surface area contributed by atoms with E-state index in [1.807, 2.05) is 42.2 Å². The van der Waals surface area contributed by atoms with Crippen LogP contribution in [0.1, 0.15) is 59.1 Å². The van der Waals surface area contributed by atoms with Crippen LogP contribution < -0.4 is 4.74 Å². The average molecular weight is 477 g/mol. The zero-order valence-corrected chi connectivity index (χ0v) is 20.9. The molecule has 1 atom stereocenters. The first-order chi connectivity index (χ1) is 16.5. The monoisotopic (exact) mass is 476 g/mol. The second-order valence-electron chi connectivity index (χ2n) is 8.87. The van der Waals surface area contributed by atoms with Crippen molar-refractivity contribution in [3.63, 3.8) is 0 Å². The van der Waals surface area contributed by atoms with Crippen molar-refractivity contribution in [3.05, 3.63) is 87.6 Å². The summed E-state index contributed by atoms with van der Waals surface area (Å²) in [7, 11) is 0. The molecule has 2 heterocycles. The Morgan fingerprint density at radius 3 is 2.50 bits per heavy atom. The Morgan fingerprint density at radius 2 is 1.82 bits per heavy atom. The van der Waals surface area contributed by atoms with E-state index >= 15 is 0 Å². The fourth-order valence-corrected chi connectivity index (χ4v) is 5.27. The highest BCUT2D eigenvalue weighted by atomic mass is 32.1. The Balaban J connectivity index is 1.48. The van der Waals surface area contributed by atoms with Crippen LogP contribution >= 0.6 is 11.3 Å². The number of nitrogens with zero attached hydrogens (tertiary/aromatic N) is 2. The first-order valence-corrected chi connectivity index (χ1v) is 12.8. The summed E-state index contributed by atoms with van der Waals surface area (Å²) in [5.74, 6) is 1.09. The molecular formula is C28H32N2O3S. The molecule has 0 N–H and O–H groups in total. The molecule has 5 nitrogen and oxygen atoms in total. The second-order valence-corrected chi connectivity index (χ2v) is 9.87. The lowest BCUT2D eigenvalue weighted by atomic mass is 10.00. The van der Waals surface area contributed by atoms with E-state index in [-0.39, 0.29) is 24.4 Å². The Hall–Kier alpha value is -3.12. The number of fused-ring (bicyclic) bond motifs is 1. The molecule has 1 aliphatic rings. The van der Waals surface area contributed by atoms with Gasteiger partial charge in [-0.3, -0.25) is 9.59 Å². The number of amides is 2. The van der Waals surface area contributed by atoms with Crippen LogP contribution in [0.25, 0.3) is 0 Å². The highest BCUT2D eigenvalue weighted by molar-refractivity contribution is 7.10. The molecule has 0 spiro atoms. The van der Waals surface area contributed by atoms with Gasteiger partial charge in [0.2, 0.25) is 5.91 Å². The molecule has 6 heteroatoms. The van der Waals surface area contributed by atoms with Gasteiger partial charge in [-0.2, -0.15) is 0 Å². The molecule has 2 aromatic carbocycles. The van der Waals surface area contributed by atoms with Crippen LogP contribution in [-0.2, 0) is 11.2 Å². The summed E-state index contributed by atoms with van der Waals surface area (Å²) in [4.78, 5) is 31.2. The SMILES string of the molecule is CCN(CC(=O)N1CCc2sccc2[C@@H]1COc1ccc(C(C)C)cc1)C(=O)c1ccccc1. The van der Waals surface area contributed by atoms with Crippen molar-refractivity contribution in [2.75, 3.05) is 26.2 Å². The van der Waals surface area contributed by atoms with Crippen LogP contribution in [0.5, 0.6) is 5.75 Å². The summed E-state index contributed by atoms with van der Waals surface area (Å²) in [5.41, 5.74) is 3.02. The molecule has 0 bridgehead atoms. The van der Waals surface area contributed by atoms with Gasteiger partial charge in [-0.15, -0.1) is 11.3 Å². The predicted molar refractivity (Wildman–Crippen MR) is 137 cm³/mol. The molecule has 34 heavy (non-hydrogen) atoms. The summed E-state index contributed by atoms with van der Waals surface area (Å²) in [6.07, 6.45) is 0.830. The van der Waals surface area contributed by atoms with Gasteiger partial charge < -0.3 is 14.5 Å². The van der Waals surface area contributed by atoms with Crippen molar-refractivity contribution in [1.82, 2.24) is 9.80 Å². The normalized spacial score (nSPS) is 15.2. The van der Waals surface area contributed by atoms with Gasteiger partial charge >= 0.3 is 0 Å². The number of hydrogen-bond donors (Lipinski definition) is 0. The summed E-state index contributed by atoms with van der Waals surface area (Å²) in [6, 6.07) is 19.2. The standard InChI is InChI=1S/C28H32N2O3S/c1-4-29(28(32)22-8-6-5-7-9-22)18-27(31)30-16-14-26-24(15-17-34-26)25(30)19-33-23-12-10-21(11-13-23)20(2)3/h5-13,15,17,20,25H,4,14,16,18-19H2,1-3H3/t25-/m0/s1. The van der Waals surface area contributed by atoms with Gasteiger partial charge in [0.25, 0.3) is 5.91 Å². The fraction of sp³-hybridized carbons (Fsp3) is 0.357. The van der Waals surface area contributed by atoms with Crippen molar-refractivity contribution < 1.29 is 14.3 Å². The number of likely N-dealkylation sites (N-methyl/N-ethyl adjacent to an activating group) is 1. The number of carbonyl (C=O) groups excluding carboxylic acids is 2. The Bertz CT molecular complexity index is 1110. The molecule has 1 aromatic heterocycles. The molecule has 4 rings (SSSR count). The van der Waals surface area contributed by atoms with Gasteiger partial charge in [-0.1, -0.05) is 44.2 Å². The van der Waals surface area contributed by atoms with E-state index in [1.54, 1.807) is 28.4 Å². The lowest BCUT2D eigenvalue weighted by Gasteiger charge is -2.37. The van der Waals surface area contributed by atoms with Crippen molar-refractivity contribution in [3.8, 4) is 5.75 Å². The molecule has 0 unspecified atom stereocenters. The van der Waals surface area contributed by atoms with Crippen molar-refractivity contribution >= 4 is 23.2 Å². The minimum atomic E-state index is -0.169. The minimum absolute atomic E-state index is 0.0493. The van der Waals surface area contributed by atoms with Crippen molar-refractivity contribution in [2.45, 2.75) is 39.2 Å². The van der Waals surface area contributed by atoms with E-state index in [4.69, 9.17) is 4.74 Å². The number of hydrogen-bond acceptors (Lipinski definition) is 4. The zero-order chi connectivity index (χ0) is 24.1. The molecule has 0 saturated heterocycles. The second kappa shape index (κ2) is 10.9. The third kappa shape index (κ3) is 5.33. The van der Waals surface area contributed by atoms with Crippen LogP contribution in [0.4, 0.5) is 0 Å². The van der Waals surface area contributed by atoms with Gasteiger partial charge in [-0.25, -0.2) is 0 Å². The Kier molecular flexibility index (Phi) is 7.68. The Morgan fingerprint density at radius 1 is 1.09 bits per heavy atom. The van der Waals surface area contributed by atoms with E-state index < -0.39 is 0 Å². The summed E-state index contributed by atoms with van der Waals surface area (Å²) in [5, 5.41) is 2.08. The summed E-state index contributed by atoms with van der Waals surface area (Å²) >= 11 is 1.73. The topological polar surface area (TPSA) is 49.9 Å². The largest absolute Gasteiger partial charge is 0.491 e. The maximum Gasteiger partial charge on any atom is 0.254 e. The van der Waals surface area contributed by atoms with Crippen molar-refractivity contribution in [1.29, 1.82) is 0 Å². The molecule has 1 aliphatic heterocycles. The van der Waals surface area contributed by atoms with Crippen LogP contribution in [0.15, 0.2) is 66.0 Å². The minimum Gasteiger partial charge on any atom is -0.491 e. The van der Waals surface area contributed by atoms with E-state index in [0.717, 1.165) is 17.7 Å². The highest BCUT2D eigenvalue weighted by Gasteiger charge is 2.33. The van der Waals surface area contributed by atoms with E-state index in [9.17, 15) is 9.59 Å². The lowest BCUT2D eigenvalue weighted by molar-refractivity contribution is -0.135. The first-order valence-electron chi connectivity index (χ1n) is 11.9. The van der Waals surface area contributed by atoms with Gasteiger partial charge in [-0.05, 0) is 66.1 Å². The molecule has 0 fully saturated rings. The van der Waals surface area contributed by atoms with Crippen LogP contribution in [0.3, 0.4) is 0 Å². The third-order valence-electron chi connectivity index (χ3n) is 6.39. The maximum absolute atomic E-state index is 13.5. The molecular weight excluding hydrogens is 444 g/mol. The molecule has 3 aromatic rings. The van der Waals surface area contributed by atoms with Gasteiger partial charge in [0.15, 0.2) is 0 Å². The van der Waals surface area contributed by atoms with Gasteiger partial charge in [0.05, 0.1) is 6.04 Å². The smallest absolute Gasteiger partial charge is 0.254 e. The molecule has 0 aliphatic carbocycles. The first kappa shape index (κ1) is 24.0. The quantitative estimate of drug-likeness (QED) is 0.429. The predicted octanol–water partition coefficient (Wildman–Crippen LogP) is 5.54. The number of rotatable bonds is 8. The fourth-order valence-electron chi connectivity index (χ4n) is 4.34. The van der Waals surface area contributed by atoms with Gasteiger partial charge in [0.1, 0.15) is 18.9 Å². The number of ether oxygens (including phenoxy) is 1. The summed E-state index contributed by atoms with van der Waals surface area (Å²) in [6.45, 7) is 7.79. The maximum atomic E-state index is 13.5. The van der Waals surface area contributed by atoms with Crippen LogP contribution in [0, 0.1) is 0 Å². The van der Waals surface area contributed by atoms with E-state index in [0.29, 0.717) is 31.2 Å². The van der Waals surface area contributed by atoms with E-state index in [1.165, 1.54) is 10.4 Å². The Labute approximate surface area is 206 Å². The highest BCUT2D eigenvalue weighted by Crippen LogP contribution is 2.34. The number of benzene rings is 2. The third-order valence-corrected chi connectivity index (χ3v) is 7.38. The molecule has 0 radical (unpaired) electrons. The van der Waals surface area contributed by atoms with Gasteiger partial charge in [0, 0.05) is 23.5 Å². The number of thiophene rings is 1. The molecule has 178 valence electrons. The van der Waals surface area contributed by atoms with E-state index in [2.05, 4.69) is 37.4 Å². The van der Waals surface area contributed by atoms with Crippen LogP contribution in [-0.4, -0.2) is 47.9 Å². The molecule has 2 amide bonds. The average Bonchev–Trinajstić information content (AvgIpc) is 3.35.